The molecular formula is C13H10ClF3N2O. The first-order chi connectivity index (χ1) is 9.25. The van der Waals surface area contributed by atoms with E-state index in [0.29, 0.717) is 0 Å². The fourth-order valence-electron chi connectivity index (χ4n) is 1.90. The molecule has 1 aliphatic rings. The van der Waals surface area contributed by atoms with Crippen LogP contribution in [0.25, 0.3) is 0 Å². The van der Waals surface area contributed by atoms with Gasteiger partial charge in [-0.25, -0.2) is 0 Å². The van der Waals surface area contributed by atoms with E-state index in [4.69, 9.17) is 17.3 Å². The predicted octanol–water partition coefficient (Wildman–Crippen LogP) is 2.63. The van der Waals surface area contributed by atoms with Crippen LogP contribution in [0, 0.1) is 0 Å². The molecule has 1 unspecified atom stereocenters. The molecule has 1 amide bonds. The van der Waals surface area contributed by atoms with Gasteiger partial charge in [-0.05, 0) is 36.0 Å². The zero-order valence-corrected chi connectivity index (χ0v) is 10.8. The van der Waals surface area contributed by atoms with E-state index in [9.17, 15) is 18.0 Å². The molecule has 2 rings (SSSR count). The molecule has 0 fully saturated rings. The molecular weight excluding hydrogens is 293 g/mol. The number of rotatable bonds is 2. The minimum absolute atomic E-state index is 0.0269. The molecule has 1 aromatic rings. The van der Waals surface area contributed by atoms with Crippen molar-refractivity contribution in [2.45, 2.75) is 11.2 Å². The molecule has 1 aliphatic heterocycles. The van der Waals surface area contributed by atoms with Crippen LogP contribution in [0.2, 0.25) is 0 Å². The largest absolute Gasteiger partial charge is 0.416 e. The summed E-state index contributed by atoms with van der Waals surface area (Å²) in [6.07, 6.45) is -0.204. The maximum absolute atomic E-state index is 12.7. The van der Waals surface area contributed by atoms with Crippen molar-refractivity contribution in [3.8, 4) is 0 Å². The molecule has 3 nitrogen and oxygen atoms in total. The molecule has 7 heteroatoms. The summed E-state index contributed by atoms with van der Waals surface area (Å²) in [6, 6.07) is 4.43. The number of allylic oxidation sites excluding steroid dienone is 2. The summed E-state index contributed by atoms with van der Waals surface area (Å²) in [5.41, 5.74) is 4.42. The number of carbonyl (C=O) groups excluding carboxylic acids is 1. The summed E-state index contributed by atoms with van der Waals surface area (Å²) in [7, 11) is 0. The first kappa shape index (κ1) is 14.5. The second-order valence-electron chi connectivity index (χ2n) is 4.19. The van der Waals surface area contributed by atoms with Crippen LogP contribution >= 0.6 is 11.6 Å². The SMILES string of the molecule is NC(=O)C1=CC=CNC1(Cl)c1cccc(C(F)(F)F)c1. The van der Waals surface area contributed by atoms with Gasteiger partial charge in [0.05, 0.1) is 11.1 Å². The highest BCUT2D eigenvalue weighted by Gasteiger charge is 2.39. The molecule has 20 heavy (non-hydrogen) atoms. The number of nitrogens with two attached hydrogens (primary N) is 1. The third-order valence-corrected chi connectivity index (χ3v) is 3.40. The molecule has 0 saturated heterocycles. The van der Waals surface area contributed by atoms with Crippen molar-refractivity contribution in [1.82, 2.24) is 5.32 Å². The fourth-order valence-corrected chi connectivity index (χ4v) is 2.24. The summed E-state index contributed by atoms with van der Waals surface area (Å²) >= 11 is 6.28. The quantitative estimate of drug-likeness (QED) is 0.652. The Hall–Kier alpha value is -1.95. The topological polar surface area (TPSA) is 55.1 Å². The van der Waals surface area contributed by atoms with E-state index in [0.717, 1.165) is 12.1 Å². The second-order valence-corrected chi connectivity index (χ2v) is 4.75. The molecule has 0 radical (unpaired) electrons. The van der Waals surface area contributed by atoms with Crippen molar-refractivity contribution < 1.29 is 18.0 Å². The van der Waals surface area contributed by atoms with Crippen molar-refractivity contribution in [3.63, 3.8) is 0 Å². The normalized spacial score (nSPS) is 22.1. The average Bonchev–Trinajstić information content (AvgIpc) is 2.38. The lowest BCUT2D eigenvalue weighted by atomic mass is 9.94. The first-order valence-electron chi connectivity index (χ1n) is 5.56. The third-order valence-electron chi connectivity index (χ3n) is 2.87. The molecule has 1 aromatic carbocycles. The highest BCUT2D eigenvalue weighted by molar-refractivity contribution is 6.29. The molecule has 3 N–H and O–H groups in total. The van der Waals surface area contributed by atoms with E-state index in [1.807, 2.05) is 0 Å². The number of hydrogen-bond acceptors (Lipinski definition) is 2. The van der Waals surface area contributed by atoms with Gasteiger partial charge >= 0.3 is 6.18 Å². The number of carbonyl (C=O) groups is 1. The van der Waals surface area contributed by atoms with Crippen LogP contribution < -0.4 is 11.1 Å². The van der Waals surface area contributed by atoms with Gasteiger partial charge in [0.15, 0.2) is 5.00 Å². The number of benzene rings is 1. The number of alkyl halides is 4. The summed E-state index contributed by atoms with van der Waals surface area (Å²) < 4.78 is 38.2. The summed E-state index contributed by atoms with van der Waals surface area (Å²) in [4.78, 5) is 9.79. The van der Waals surface area contributed by atoms with E-state index < -0.39 is 22.6 Å². The number of halogens is 4. The Morgan fingerprint density at radius 3 is 2.65 bits per heavy atom. The lowest BCUT2D eigenvalue weighted by molar-refractivity contribution is -0.137. The Kier molecular flexibility index (Phi) is 3.52. The summed E-state index contributed by atoms with van der Waals surface area (Å²) in [5, 5.41) is 2.67. The van der Waals surface area contributed by atoms with E-state index in [1.165, 1.54) is 30.5 Å². The Morgan fingerprint density at radius 2 is 2.05 bits per heavy atom. The fraction of sp³-hybridized carbons (Fsp3) is 0.154. The van der Waals surface area contributed by atoms with Gasteiger partial charge in [-0.3, -0.25) is 4.79 Å². The minimum atomic E-state index is -4.50. The molecule has 0 spiro atoms. The maximum Gasteiger partial charge on any atom is 0.416 e. The zero-order valence-electron chi connectivity index (χ0n) is 10.0. The van der Waals surface area contributed by atoms with Crippen LogP contribution in [0.1, 0.15) is 11.1 Å². The molecule has 0 bridgehead atoms. The lowest BCUT2D eigenvalue weighted by Crippen LogP contribution is -2.42. The van der Waals surface area contributed by atoms with Crippen LogP contribution in [0.4, 0.5) is 13.2 Å². The summed E-state index contributed by atoms with van der Waals surface area (Å²) in [6.45, 7) is 0. The van der Waals surface area contributed by atoms with Gasteiger partial charge in [0.2, 0.25) is 5.91 Å². The lowest BCUT2D eigenvalue weighted by Gasteiger charge is -2.31. The van der Waals surface area contributed by atoms with Crippen molar-refractivity contribution in [1.29, 1.82) is 0 Å². The van der Waals surface area contributed by atoms with Gasteiger partial charge in [0.1, 0.15) is 0 Å². The zero-order chi connectivity index (χ0) is 15.0. The van der Waals surface area contributed by atoms with E-state index >= 15 is 0 Å². The van der Waals surface area contributed by atoms with E-state index in [1.54, 1.807) is 0 Å². The molecule has 106 valence electrons. The average molecular weight is 303 g/mol. The maximum atomic E-state index is 12.7. The van der Waals surface area contributed by atoms with Crippen LogP contribution in [0.3, 0.4) is 0 Å². The van der Waals surface area contributed by atoms with Gasteiger partial charge in [0.25, 0.3) is 0 Å². The number of primary amides is 1. The van der Waals surface area contributed by atoms with Crippen LogP contribution in [-0.4, -0.2) is 5.91 Å². The summed E-state index contributed by atoms with van der Waals surface area (Å²) in [5.74, 6) is -0.811. The third kappa shape index (κ3) is 2.51. The van der Waals surface area contributed by atoms with Gasteiger partial charge in [-0.2, -0.15) is 13.2 Å². The highest BCUT2D eigenvalue weighted by Crippen LogP contribution is 2.38. The minimum Gasteiger partial charge on any atom is -0.366 e. The first-order valence-corrected chi connectivity index (χ1v) is 5.94. The van der Waals surface area contributed by atoms with Crippen LogP contribution in [0.15, 0.2) is 48.2 Å². The predicted molar refractivity (Wildman–Crippen MR) is 68.5 cm³/mol. The van der Waals surface area contributed by atoms with Crippen LogP contribution in [0.5, 0.6) is 0 Å². The number of dihydropyridines is 1. The monoisotopic (exact) mass is 302 g/mol. The standard InChI is InChI=1S/C13H10ClF3N2O/c14-12(10(11(18)20)5-2-6-19-12)8-3-1-4-9(7-8)13(15,16)17/h1-7,19H,(H2,18,20). The number of nitrogens with one attached hydrogen (secondary N) is 1. The molecule has 0 aliphatic carbocycles. The molecule has 0 saturated carbocycles. The van der Waals surface area contributed by atoms with E-state index in [-0.39, 0.29) is 11.1 Å². The van der Waals surface area contributed by atoms with Crippen molar-refractivity contribution in [2.75, 3.05) is 0 Å². The smallest absolute Gasteiger partial charge is 0.366 e. The Bertz CT molecular complexity index is 610. The highest BCUT2D eigenvalue weighted by atomic mass is 35.5. The van der Waals surface area contributed by atoms with Crippen molar-refractivity contribution in [3.05, 3.63) is 59.3 Å². The Labute approximate surface area is 117 Å². The Morgan fingerprint density at radius 1 is 1.35 bits per heavy atom. The number of amides is 1. The molecule has 1 heterocycles. The number of hydrogen-bond donors (Lipinski definition) is 2. The van der Waals surface area contributed by atoms with Gasteiger partial charge < -0.3 is 11.1 Å². The second kappa shape index (κ2) is 4.86. The molecule has 0 aromatic heterocycles. The van der Waals surface area contributed by atoms with Crippen molar-refractivity contribution in [2.24, 2.45) is 5.73 Å². The van der Waals surface area contributed by atoms with Gasteiger partial charge in [-0.1, -0.05) is 23.7 Å². The Balaban J connectivity index is 2.52. The van der Waals surface area contributed by atoms with Crippen LogP contribution in [-0.2, 0) is 16.0 Å². The van der Waals surface area contributed by atoms with Gasteiger partial charge in [-0.15, -0.1) is 0 Å². The molecule has 1 atom stereocenters. The van der Waals surface area contributed by atoms with Crippen molar-refractivity contribution >= 4 is 17.5 Å². The van der Waals surface area contributed by atoms with Gasteiger partial charge in [0, 0.05) is 0 Å². The van der Waals surface area contributed by atoms with E-state index in [2.05, 4.69) is 5.32 Å².